The summed E-state index contributed by atoms with van der Waals surface area (Å²) in [6.45, 7) is 5.31. The van der Waals surface area contributed by atoms with E-state index in [1.54, 1.807) is 0 Å². The molecule has 0 saturated carbocycles. The lowest BCUT2D eigenvalue weighted by molar-refractivity contribution is 0.574. The van der Waals surface area contributed by atoms with Crippen LogP contribution in [-0.2, 0) is 13.0 Å². The van der Waals surface area contributed by atoms with Crippen molar-refractivity contribution in [3.63, 3.8) is 0 Å². The monoisotopic (exact) mass is 239 g/mol. The van der Waals surface area contributed by atoms with Gasteiger partial charge in [-0.25, -0.2) is 0 Å². The first-order chi connectivity index (χ1) is 8.79. The third-order valence-electron chi connectivity index (χ3n) is 3.34. The maximum Gasteiger partial charge on any atom is 0.0294 e. The lowest BCUT2D eigenvalue weighted by Crippen LogP contribution is -2.17. The second kappa shape index (κ2) is 6.36. The Balaban J connectivity index is 1.91. The summed E-state index contributed by atoms with van der Waals surface area (Å²) in [5, 5.41) is 3.55. The number of hydrogen-bond acceptors (Lipinski definition) is 1. The first-order valence-corrected chi connectivity index (χ1v) is 6.65. The molecular weight excluding hydrogens is 218 g/mol. The van der Waals surface area contributed by atoms with Gasteiger partial charge in [-0.15, -0.1) is 0 Å². The molecule has 1 heteroatoms. The molecule has 0 aliphatic heterocycles. The zero-order valence-electron chi connectivity index (χ0n) is 11.2. The zero-order chi connectivity index (χ0) is 12.8. The standard InChI is InChI=1S/C17H21N/c1-3-15-9-11-16(12-10-15)13-18-14(2)17-7-5-4-6-8-17/h4-12,14,18H,3,13H2,1-2H3/t14-/m1/s1. The Morgan fingerprint density at radius 3 is 2.11 bits per heavy atom. The zero-order valence-corrected chi connectivity index (χ0v) is 11.2. The van der Waals surface area contributed by atoms with Gasteiger partial charge in [0.25, 0.3) is 0 Å². The smallest absolute Gasteiger partial charge is 0.0294 e. The van der Waals surface area contributed by atoms with E-state index in [0.29, 0.717) is 6.04 Å². The van der Waals surface area contributed by atoms with Crippen LogP contribution in [0.4, 0.5) is 0 Å². The van der Waals surface area contributed by atoms with Gasteiger partial charge in [0.2, 0.25) is 0 Å². The largest absolute Gasteiger partial charge is 0.306 e. The molecule has 0 aliphatic carbocycles. The fourth-order valence-electron chi connectivity index (χ4n) is 2.02. The molecule has 0 bridgehead atoms. The minimum Gasteiger partial charge on any atom is -0.306 e. The highest BCUT2D eigenvalue weighted by Gasteiger charge is 2.03. The molecule has 1 atom stereocenters. The van der Waals surface area contributed by atoms with Gasteiger partial charge in [-0.3, -0.25) is 0 Å². The molecule has 1 N–H and O–H groups in total. The summed E-state index contributed by atoms with van der Waals surface area (Å²) in [7, 11) is 0. The molecule has 0 radical (unpaired) electrons. The molecule has 2 rings (SSSR count). The van der Waals surface area contributed by atoms with Crippen molar-refractivity contribution in [2.75, 3.05) is 0 Å². The van der Waals surface area contributed by atoms with Crippen LogP contribution < -0.4 is 5.32 Å². The van der Waals surface area contributed by atoms with Crippen molar-refractivity contribution in [1.29, 1.82) is 0 Å². The van der Waals surface area contributed by atoms with Gasteiger partial charge in [0.1, 0.15) is 0 Å². The molecule has 0 aromatic heterocycles. The molecule has 94 valence electrons. The lowest BCUT2D eigenvalue weighted by Gasteiger charge is -2.14. The number of rotatable bonds is 5. The van der Waals surface area contributed by atoms with Crippen molar-refractivity contribution in [3.05, 3.63) is 71.3 Å². The third kappa shape index (κ3) is 3.44. The van der Waals surface area contributed by atoms with Crippen LogP contribution >= 0.6 is 0 Å². The molecule has 1 nitrogen and oxygen atoms in total. The summed E-state index contributed by atoms with van der Waals surface area (Å²) in [6.07, 6.45) is 1.11. The molecule has 0 heterocycles. The summed E-state index contributed by atoms with van der Waals surface area (Å²) in [6, 6.07) is 19.8. The summed E-state index contributed by atoms with van der Waals surface area (Å²) in [5.74, 6) is 0. The van der Waals surface area contributed by atoms with Crippen LogP contribution in [0.2, 0.25) is 0 Å². The third-order valence-corrected chi connectivity index (χ3v) is 3.34. The van der Waals surface area contributed by atoms with Gasteiger partial charge in [-0.1, -0.05) is 61.5 Å². The minimum absolute atomic E-state index is 0.386. The van der Waals surface area contributed by atoms with Gasteiger partial charge in [-0.05, 0) is 30.0 Å². The molecule has 0 aliphatic rings. The summed E-state index contributed by atoms with van der Waals surface area (Å²) in [5.41, 5.74) is 4.08. The van der Waals surface area contributed by atoms with Gasteiger partial charge in [0.15, 0.2) is 0 Å². The van der Waals surface area contributed by atoms with E-state index >= 15 is 0 Å². The number of hydrogen-bond donors (Lipinski definition) is 1. The van der Waals surface area contributed by atoms with E-state index in [0.717, 1.165) is 13.0 Å². The maximum absolute atomic E-state index is 3.55. The molecule has 0 fully saturated rings. The minimum atomic E-state index is 0.386. The van der Waals surface area contributed by atoms with Crippen LogP contribution in [0.25, 0.3) is 0 Å². The first kappa shape index (κ1) is 12.8. The first-order valence-electron chi connectivity index (χ1n) is 6.65. The van der Waals surface area contributed by atoms with E-state index in [-0.39, 0.29) is 0 Å². The molecule has 0 unspecified atom stereocenters. The van der Waals surface area contributed by atoms with Gasteiger partial charge in [-0.2, -0.15) is 0 Å². The molecule has 2 aromatic carbocycles. The van der Waals surface area contributed by atoms with Crippen LogP contribution in [0.3, 0.4) is 0 Å². The van der Waals surface area contributed by atoms with Crippen LogP contribution in [-0.4, -0.2) is 0 Å². The van der Waals surface area contributed by atoms with Gasteiger partial charge < -0.3 is 5.32 Å². The van der Waals surface area contributed by atoms with Crippen LogP contribution in [0.5, 0.6) is 0 Å². The fourth-order valence-corrected chi connectivity index (χ4v) is 2.02. The van der Waals surface area contributed by atoms with Gasteiger partial charge in [0, 0.05) is 12.6 Å². The molecule has 0 saturated heterocycles. The Hall–Kier alpha value is -1.60. The normalized spacial score (nSPS) is 12.3. The Kier molecular flexibility index (Phi) is 4.54. The van der Waals surface area contributed by atoms with E-state index in [4.69, 9.17) is 0 Å². The second-order valence-corrected chi connectivity index (χ2v) is 4.68. The second-order valence-electron chi connectivity index (χ2n) is 4.68. The van der Waals surface area contributed by atoms with Crippen molar-refractivity contribution in [2.24, 2.45) is 0 Å². The average molecular weight is 239 g/mol. The molecule has 18 heavy (non-hydrogen) atoms. The van der Waals surface area contributed by atoms with Gasteiger partial charge >= 0.3 is 0 Å². The van der Waals surface area contributed by atoms with E-state index in [2.05, 4.69) is 73.8 Å². The topological polar surface area (TPSA) is 12.0 Å². The Morgan fingerprint density at radius 2 is 1.50 bits per heavy atom. The van der Waals surface area contributed by atoms with E-state index in [9.17, 15) is 0 Å². The predicted molar refractivity (Wildman–Crippen MR) is 77.5 cm³/mol. The lowest BCUT2D eigenvalue weighted by atomic mass is 10.1. The quantitative estimate of drug-likeness (QED) is 0.828. The highest BCUT2D eigenvalue weighted by Crippen LogP contribution is 2.12. The van der Waals surface area contributed by atoms with Crippen molar-refractivity contribution in [2.45, 2.75) is 32.9 Å². The highest BCUT2D eigenvalue weighted by molar-refractivity contribution is 5.23. The van der Waals surface area contributed by atoms with Crippen LogP contribution in [0.15, 0.2) is 54.6 Å². The summed E-state index contributed by atoms with van der Waals surface area (Å²) >= 11 is 0. The van der Waals surface area contributed by atoms with Crippen molar-refractivity contribution < 1.29 is 0 Å². The molecular formula is C17H21N. The Morgan fingerprint density at radius 1 is 0.889 bits per heavy atom. The van der Waals surface area contributed by atoms with E-state index in [1.807, 2.05) is 0 Å². The van der Waals surface area contributed by atoms with Gasteiger partial charge in [0.05, 0.1) is 0 Å². The molecule has 2 aromatic rings. The average Bonchev–Trinajstić information content (AvgIpc) is 2.46. The summed E-state index contributed by atoms with van der Waals surface area (Å²) < 4.78 is 0. The van der Waals surface area contributed by atoms with Crippen molar-refractivity contribution in [1.82, 2.24) is 5.32 Å². The number of benzene rings is 2. The van der Waals surface area contributed by atoms with E-state index in [1.165, 1.54) is 16.7 Å². The Bertz CT molecular complexity index is 459. The number of aryl methyl sites for hydroxylation is 1. The number of nitrogens with one attached hydrogen (secondary N) is 1. The highest BCUT2D eigenvalue weighted by atomic mass is 14.9. The van der Waals surface area contributed by atoms with Crippen molar-refractivity contribution >= 4 is 0 Å². The van der Waals surface area contributed by atoms with Crippen LogP contribution in [0, 0.1) is 0 Å². The summed E-state index contributed by atoms with van der Waals surface area (Å²) in [4.78, 5) is 0. The molecule has 0 spiro atoms. The van der Waals surface area contributed by atoms with E-state index < -0.39 is 0 Å². The van der Waals surface area contributed by atoms with Crippen LogP contribution in [0.1, 0.15) is 36.6 Å². The van der Waals surface area contributed by atoms with Crippen molar-refractivity contribution in [3.8, 4) is 0 Å². The Labute approximate surface area is 110 Å². The maximum atomic E-state index is 3.55. The molecule has 0 amide bonds. The fraction of sp³-hybridized carbons (Fsp3) is 0.294. The SMILES string of the molecule is CCc1ccc(CN[C@H](C)c2ccccc2)cc1. The predicted octanol–water partition coefficient (Wildman–Crippen LogP) is 4.10.